The highest BCUT2D eigenvalue weighted by Crippen LogP contribution is 2.27. The Morgan fingerprint density at radius 1 is 1.62 bits per heavy atom. The summed E-state index contributed by atoms with van der Waals surface area (Å²) in [5.74, 6) is -0.421. The summed E-state index contributed by atoms with van der Waals surface area (Å²) in [6, 6.07) is 3.36. The molecule has 1 aromatic carbocycles. The second kappa shape index (κ2) is 4.61. The summed E-state index contributed by atoms with van der Waals surface area (Å²) < 4.78 is 6.36. The summed E-state index contributed by atoms with van der Waals surface area (Å²) in [7, 11) is 1.33. The first-order valence-electron chi connectivity index (χ1n) is 3.29. The van der Waals surface area contributed by atoms with Crippen LogP contribution in [0.4, 0.5) is 0 Å². The number of benzene rings is 1. The van der Waals surface area contributed by atoms with Gasteiger partial charge in [-0.15, -0.1) is 0 Å². The van der Waals surface area contributed by atoms with Crippen LogP contribution in [0.25, 0.3) is 0 Å². The van der Waals surface area contributed by atoms with Gasteiger partial charge in [-0.05, 0) is 50.7 Å². The standard InChI is InChI=1S/C8H5BrClIO2/c1-13-8(12)4-2-7(11)5(9)3-6(4)10/h2-3H,1H3. The van der Waals surface area contributed by atoms with E-state index in [0.29, 0.717) is 10.6 Å². The van der Waals surface area contributed by atoms with E-state index in [1.54, 1.807) is 12.1 Å². The zero-order valence-corrected chi connectivity index (χ0v) is 11.1. The van der Waals surface area contributed by atoms with Crippen LogP contribution in [-0.2, 0) is 4.74 Å². The van der Waals surface area contributed by atoms with Crippen molar-refractivity contribution in [3.8, 4) is 0 Å². The molecular formula is C8H5BrClIO2. The number of carbonyl (C=O) groups is 1. The third-order valence-electron chi connectivity index (χ3n) is 1.42. The molecule has 13 heavy (non-hydrogen) atoms. The maximum Gasteiger partial charge on any atom is 0.339 e. The van der Waals surface area contributed by atoms with Crippen LogP contribution in [0, 0.1) is 3.57 Å². The van der Waals surface area contributed by atoms with E-state index >= 15 is 0 Å². The quantitative estimate of drug-likeness (QED) is 0.427. The van der Waals surface area contributed by atoms with Crippen LogP contribution < -0.4 is 0 Å². The van der Waals surface area contributed by atoms with Gasteiger partial charge in [0, 0.05) is 8.04 Å². The highest BCUT2D eigenvalue weighted by Gasteiger charge is 2.12. The second-order valence-electron chi connectivity index (χ2n) is 2.24. The number of carbonyl (C=O) groups excluding carboxylic acids is 1. The van der Waals surface area contributed by atoms with E-state index in [2.05, 4.69) is 43.3 Å². The molecule has 0 saturated heterocycles. The molecule has 70 valence electrons. The van der Waals surface area contributed by atoms with Crippen molar-refractivity contribution >= 4 is 56.1 Å². The van der Waals surface area contributed by atoms with E-state index in [4.69, 9.17) is 11.6 Å². The molecule has 0 heterocycles. The third kappa shape index (κ3) is 2.57. The zero-order valence-electron chi connectivity index (χ0n) is 6.61. The van der Waals surface area contributed by atoms with Gasteiger partial charge in [-0.1, -0.05) is 11.6 Å². The lowest BCUT2D eigenvalue weighted by Gasteiger charge is -2.04. The van der Waals surface area contributed by atoms with Gasteiger partial charge >= 0.3 is 5.97 Å². The Labute approximate surface area is 103 Å². The minimum absolute atomic E-state index is 0.386. The first-order valence-corrected chi connectivity index (χ1v) is 5.54. The summed E-state index contributed by atoms with van der Waals surface area (Å²) >= 11 is 11.3. The van der Waals surface area contributed by atoms with Gasteiger partial charge in [0.2, 0.25) is 0 Å². The Balaban J connectivity index is 3.23. The van der Waals surface area contributed by atoms with Gasteiger partial charge in [0.15, 0.2) is 0 Å². The molecule has 0 N–H and O–H groups in total. The highest BCUT2D eigenvalue weighted by atomic mass is 127. The molecule has 2 nitrogen and oxygen atoms in total. The fourth-order valence-electron chi connectivity index (χ4n) is 0.789. The van der Waals surface area contributed by atoms with Crippen molar-refractivity contribution in [1.82, 2.24) is 0 Å². The topological polar surface area (TPSA) is 26.3 Å². The predicted molar refractivity (Wildman–Crippen MR) is 63.2 cm³/mol. The summed E-state index contributed by atoms with van der Waals surface area (Å²) in [6.07, 6.45) is 0. The molecule has 0 aliphatic carbocycles. The number of ether oxygens (including phenoxy) is 1. The van der Waals surface area contributed by atoms with Crippen LogP contribution in [0.2, 0.25) is 5.02 Å². The molecule has 0 unspecified atom stereocenters. The lowest BCUT2D eigenvalue weighted by atomic mass is 10.2. The number of esters is 1. The van der Waals surface area contributed by atoms with Crippen molar-refractivity contribution in [3.63, 3.8) is 0 Å². The van der Waals surface area contributed by atoms with Crippen LogP contribution in [0.5, 0.6) is 0 Å². The Bertz CT molecular complexity index is 354. The van der Waals surface area contributed by atoms with E-state index < -0.39 is 5.97 Å². The van der Waals surface area contributed by atoms with Crippen molar-refractivity contribution in [2.45, 2.75) is 0 Å². The molecular weight excluding hydrogens is 370 g/mol. The summed E-state index contributed by atoms with van der Waals surface area (Å²) in [5, 5.41) is 0.388. The predicted octanol–water partition coefficient (Wildman–Crippen LogP) is 3.49. The molecule has 0 aliphatic rings. The van der Waals surface area contributed by atoms with Crippen molar-refractivity contribution in [3.05, 3.63) is 30.8 Å². The molecule has 0 saturated carbocycles. The van der Waals surface area contributed by atoms with Crippen LogP contribution in [0.3, 0.4) is 0 Å². The third-order valence-corrected chi connectivity index (χ3v) is 4.02. The molecule has 0 aliphatic heterocycles. The first kappa shape index (κ1) is 11.3. The number of halogens is 3. The first-order chi connectivity index (χ1) is 6.06. The van der Waals surface area contributed by atoms with Gasteiger partial charge in [0.1, 0.15) is 0 Å². The minimum atomic E-state index is -0.421. The Morgan fingerprint density at radius 3 is 2.77 bits per heavy atom. The largest absolute Gasteiger partial charge is 0.465 e. The molecule has 0 bridgehead atoms. The molecule has 0 amide bonds. The number of rotatable bonds is 1. The smallest absolute Gasteiger partial charge is 0.339 e. The van der Waals surface area contributed by atoms with Gasteiger partial charge in [-0.3, -0.25) is 0 Å². The van der Waals surface area contributed by atoms with E-state index in [0.717, 1.165) is 8.04 Å². The Morgan fingerprint density at radius 2 is 2.23 bits per heavy atom. The van der Waals surface area contributed by atoms with Crippen LogP contribution >= 0.6 is 50.1 Å². The van der Waals surface area contributed by atoms with Crippen molar-refractivity contribution in [2.75, 3.05) is 7.11 Å². The number of hydrogen-bond donors (Lipinski definition) is 0. The van der Waals surface area contributed by atoms with Crippen LogP contribution in [0.1, 0.15) is 10.4 Å². The molecule has 1 rings (SSSR count). The summed E-state index contributed by atoms with van der Waals surface area (Å²) in [5.41, 5.74) is 0.386. The monoisotopic (exact) mass is 374 g/mol. The summed E-state index contributed by atoms with van der Waals surface area (Å²) in [6.45, 7) is 0. The molecule has 0 radical (unpaired) electrons. The fraction of sp³-hybridized carbons (Fsp3) is 0.125. The second-order valence-corrected chi connectivity index (χ2v) is 4.66. The molecule has 5 heteroatoms. The molecule has 0 aromatic heterocycles. The van der Waals surface area contributed by atoms with Gasteiger partial charge in [0.25, 0.3) is 0 Å². The highest BCUT2D eigenvalue weighted by molar-refractivity contribution is 14.1. The maximum atomic E-state index is 11.2. The Hall–Kier alpha value is 0.190. The van der Waals surface area contributed by atoms with E-state index in [9.17, 15) is 4.79 Å². The number of hydrogen-bond acceptors (Lipinski definition) is 2. The van der Waals surface area contributed by atoms with Crippen LogP contribution in [-0.4, -0.2) is 13.1 Å². The lowest BCUT2D eigenvalue weighted by molar-refractivity contribution is 0.0601. The molecule has 1 aromatic rings. The zero-order chi connectivity index (χ0) is 10.0. The SMILES string of the molecule is COC(=O)c1cc(I)c(Br)cc1Cl. The van der Waals surface area contributed by atoms with Crippen molar-refractivity contribution in [2.24, 2.45) is 0 Å². The van der Waals surface area contributed by atoms with Gasteiger partial charge < -0.3 is 4.74 Å². The lowest BCUT2D eigenvalue weighted by Crippen LogP contribution is -2.02. The summed E-state index contributed by atoms with van der Waals surface area (Å²) in [4.78, 5) is 11.2. The van der Waals surface area contributed by atoms with E-state index in [1.165, 1.54) is 7.11 Å². The van der Waals surface area contributed by atoms with Gasteiger partial charge in [0.05, 0.1) is 17.7 Å². The van der Waals surface area contributed by atoms with Crippen molar-refractivity contribution in [1.29, 1.82) is 0 Å². The van der Waals surface area contributed by atoms with E-state index in [1.807, 2.05) is 0 Å². The maximum absolute atomic E-state index is 11.2. The van der Waals surface area contributed by atoms with Gasteiger partial charge in [-0.25, -0.2) is 4.79 Å². The molecule has 0 atom stereocenters. The van der Waals surface area contributed by atoms with E-state index in [-0.39, 0.29) is 0 Å². The van der Waals surface area contributed by atoms with Crippen molar-refractivity contribution < 1.29 is 9.53 Å². The average molecular weight is 375 g/mol. The average Bonchev–Trinajstić information content (AvgIpc) is 2.10. The Kier molecular flexibility index (Phi) is 4.00. The fourth-order valence-corrected chi connectivity index (χ4v) is 1.97. The normalized spacial score (nSPS) is 9.85. The van der Waals surface area contributed by atoms with Crippen LogP contribution in [0.15, 0.2) is 16.6 Å². The molecule has 0 fully saturated rings. The minimum Gasteiger partial charge on any atom is -0.465 e. The van der Waals surface area contributed by atoms with Gasteiger partial charge in [-0.2, -0.15) is 0 Å². The number of methoxy groups -OCH3 is 1. The molecule has 0 spiro atoms.